The number of carbonyl (C=O) groups excluding carboxylic acids is 1. The summed E-state index contributed by atoms with van der Waals surface area (Å²) in [6, 6.07) is 1.46. The van der Waals surface area contributed by atoms with Crippen LogP contribution >= 0.6 is 0 Å². The summed E-state index contributed by atoms with van der Waals surface area (Å²) >= 11 is 0. The van der Waals surface area contributed by atoms with Crippen LogP contribution in [0.15, 0.2) is 29.6 Å². The molecule has 116 valence electrons. The number of hydrogen-bond acceptors (Lipinski definition) is 3. The van der Waals surface area contributed by atoms with Crippen LogP contribution in [0.1, 0.15) is 34.6 Å². The SMILES string of the molecule is Cc1cc(=O)c(C(=O)NCC2(Cn3ccnc3)CC2)c(C)[nH]1. The van der Waals surface area contributed by atoms with Crippen molar-refractivity contribution in [3.8, 4) is 0 Å². The van der Waals surface area contributed by atoms with Gasteiger partial charge in [-0.3, -0.25) is 9.59 Å². The van der Waals surface area contributed by atoms with E-state index in [0.717, 1.165) is 25.1 Å². The molecule has 2 aromatic heterocycles. The summed E-state index contributed by atoms with van der Waals surface area (Å²) in [6.45, 7) is 4.98. The highest BCUT2D eigenvalue weighted by Gasteiger charge is 2.43. The second-order valence-corrected chi connectivity index (χ2v) is 6.23. The Hall–Kier alpha value is -2.37. The molecule has 1 fully saturated rings. The smallest absolute Gasteiger partial charge is 0.257 e. The highest BCUT2D eigenvalue weighted by atomic mass is 16.2. The highest BCUT2D eigenvalue weighted by Crippen LogP contribution is 2.46. The van der Waals surface area contributed by atoms with Crippen molar-refractivity contribution in [2.45, 2.75) is 33.2 Å². The van der Waals surface area contributed by atoms with E-state index in [2.05, 4.69) is 15.3 Å². The fourth-order valence-electron chi connectivity index (χ4n) is 2.82. The first-order valence-corrected chi connectivity index (χ1v) is 7.44. The summed E-state index contributed by atoms with van der Waals surface area (Å²) < 4.78 is 2.03. The van der Waals surface area contributed by atoms with Crippen LogP contribution in [0.2, 0.25) is 0 Å². The van der Waals surface area contributed by atoms with E-state index in [1.165, 1.54) is 6.07 Å². The molecule has 3 rings (SSSR count). The van der Waals surface area contributed by atoms with Crippen molar-refractivity contribution in [1.29, 1.82) is 0 Å². The van der Waals surface area contributed by atoms with E-state index < -0.39 is 0 Å². The Bertz CT molecular complexity index is 742. The maximum Gasteiger partial charge on any atom is 0.257 e. The second kappa shape index (κ2) is 5.44. The van der Waals surface area contributed by atoms with Gasteiger partial charge in [-0.2, -0.15) is 0 Å². The molecule has 0 aromatic carbocycles. The van der Waals surface area contributed by atoms with Crippen molar-refractivity contribution in [3.05, 3.63) is 52.0 Å². The minimum Gasteiger partial charge on any atom is -0.362 e. The highest BCUT2D eigenvalue weighted by molar-refractivity contribution is 5.95. The molecule has 1 saturated carbocycles. The van der Waals surface area contributed by atoms with Gasteiger partial charge in [0.05, 0.1) is 6.33 Å². The van der Waals surface area contributed by atoms with E-state index in [0.29, 0.717) is 12.2 Å². The van der Waals surface area contributed by atoms with Crippen LogP contribution in [-0.2, 0) is 6.54 Å². The Morgan fingerprint density at radius 3 is 2.82 bits per heavy atom. The average Bonchev–Trinajstić information content (AvgIpc) is 3.00. The van der Waals surface area contributed by atoms with Gasteiger partial charge in [0.2, 0.25) is 0 Å². The zero-order valence-electron chi connectivity index (χ0n) is 12.8. The lowest BCUT2D eigenvalue weighted by molar-refractivity contribution is 0.0940. The third-order valence-corrected chi connectivity index (χ3v) is 4.24. The zero-order valence-corrected chi connectivity index (χ0v) is 12.8. The van der Waals surface area contributed by atoms with Gasteiger partial charge >= 0.3 is 0 Å². The molecule has 1 aliphatic rings. The number of hydrogen-bond donors (Lipinski definition) is 2. The summed E-state index contributed by atoms with van der Waals surface area (Å²) in [5, 5.41) is 2.92. The molecule has 22 heavy (non-hydrogen) atoms. The maximum absolute atomic E-state index is 12.3. The lowest BCUT2D eigenvalue weighted by Crippen LogP contribution is -2.35. The molecule has 2 heterocycles. The van der Waals surface area contributed by atoms with E-state index in [4.69, 9.17) is 0 Å². The fraction of sp³-hybridized carbons (Fsp3) is 0.438. The molecule has 6 heteroatoms. The maximum atomic E-state index is 12.3. The number of nitrogens with one attached hydrogen (secondary N) is 2. The Morgan fingerprint density at radius 2 is 2.23 bits per heavy atom. The quantitative estimate of drug-likeness (QED) is 0.876. The number of carbonyl (C=O) groups is 1. The minimum absolute atomic E-state index is 0.0989. The number of aryl methyl sites for hydroxylation is 2. The van der Waals surface area contributed by atoms with Crippen LogP contribution in [0.4, 0.5) is 0 Å². The number of rotatable bonds is 5. The number of aromatic amines is 1. The first-order valence-electron chi connectivity index (χ1n) is 7.44. The van der Waals surface area contributed by atoms with E-state index in [1.807, 2.05) is 10.8 Å². The largest absolute Gasteiger partial charge is 0.362 e. The molecule has 1 aliphatic carbocycles. The number of imidazole rings is 1. The van der Waals surface area contributed by atoms with Crippen LogP contribution in [0.25, 0.3) is 0 Å². The monoisotopic (exact) mass is 300 g/mol. The summed E-state index contributed by atoms with van der Waals surface area (Å²) in [5.74, 6) is -0.296. The van der Waals surface area contributed by atoms with Gasteiger partial charge in [-0.05, 0) is 26.7 Å². The molecular formula is C16H20N4O2. The molecule has 2 N–H and O–H groups in total. The van der Waals surface area contributed by atoms with Gasteiger partial charge in [0, 0.05) is 48.4 Å². The number of H-pyrrole nitrogens is 1. The van der Waals surface area contributed by atoms with Crippen molar-refractivity contribution < 1.29 is 4.79 Å². The topological polar surface area (TPSA) is 79.8 Å². The number of pyridine rings is 1. The van der Waals surface area contributed by atoms with Gasteiger partial charge in [0.1, 0.15) is 5.56 Å². The van der Waals surface area contributed by atoms with Crippen molar-refractivity contribution >= 4 is 5.91 Å². The molecule has 0 unspecified atom stereocenters. The molecule has 2 aromatic rings. The second-order valence-electron chi connectivity index (χ2n) is 6.23. The lowest BCUT2D eigenvalue weighted by atomic mass is 10.1. The summed E-state index contributed by atoms with van der Waals surface area (Å²) in [4.78, 5) is 31.4. The van der Waals surface area contributed by atoms with Crippen LogP contribution < -0.4 is 10.7 Å². The van der Waals surface area contributed by atoms with Crippen molar-refractivity contribution in [1.82, 2.24) is 19.9 Å². The molecule has 0 aliphatic heterocycles. The molecule has 6 nitrogen and oxygen atoms in total. The minimum atomic E-state index is -0.296. The third kappa shape index (κ3) is 2.95. The average molecular weight is 300 g/mol. The normalized spacial score (nSPS) is 15.5. The Labute approximate surface area is 128 Å². The van der Waals surface area contributed by atoms with E-state index in [-0.39, 0.29) is 22.3 Å². The first-order chi connectivity index (χ1) is 10.5. The van der Waals surface area contributed by atoms with Crippen molar-refractivity contribution in [2.24, 2.45) is 5.41 Å². The standard InChI is InChI=1S/C16H20N4O2/c1-11-7-13(21)14(12(2)19-11)15(22)18-8-16(3-4-16)9-20-6-5-17-10-20/h5-7,10H,3-4,8-9H2,1-2H3,(H,18,22)(H,19,21). The van der Waals surface area contributed by atoms with Crippen LogP contribution in [-0.4, -0.2) is 27.0 Å². The molecule has 0 radical (unpaired) electrons. The predicted octanol–water partition coefficient (Wildman–Crippen LogP) is 1.40. The lowest BCUT2D eigenvalue weighted by Gasteiger charge is -2.17. The van der Waals surface area contributed by atoms with Crippen molar-refractivity contribution in [3.63, 3.8) is 0 Å². The first kappa shape index (κ1) is 14.6. The number of aromatic nitrogens is 3. The van der Waals surface area contributed by atoms with E-state index in [9.17, 15) is 9.59 Å². The fourth-order valence-corrected chi connectivity index (χ4v) is 2.82. The van der Waals surface area contributed by atoms with Gasteiger partial charge < -0.3 is 14.9 Å². The predicted molar refractivity (Wildman–Crippen MR) is 82.8 cm³/mol. The Morgan fingerprint density at radius 1 is 1.45 bits per heavy atom. The third-order valence-electron chi connectivity index (χ3n) is 4.24. The van der Waals surface area contributed by atoms with Gasteiger partial charge in [0.25, 0.3) is 5.91 Å². The number of amides is 1. The molecule has 0 atom stereocenters. The zero-order chi connectivity index (χ0) is 15.7. The molecule has 0 bridgehead atoms. The molecule has 0 saturated heterocycles. The molecule has 0 spiro atoms. The summed E-state index contributed by atoms with van der Waals surface area (Å²) in [7, 11) is 0. The Balaban J connectivity index is 1.67. The summed E-state index contributed by atoms with van der Waals surface area (Å²) in [5.41, 5.74) is 1.45. The van der Waals surface area contributed by atoms with E-state index in [1.54, 1.807) is 26.4 Å². The molecule has 1 amide bonds. The van der Waals surface area contributed by atoms with Gasteiger partial charge in [-0.25, -0.2) is 4.98 Å². The van der Waals surface area contributed by atoms with Gasteiger partial charge in [-0.15, -0.1) is 0 Å². The number of nitrogens with zero attached hydrogens (tertiary/aromatic N) is 2. The van der Waals surface area contributed by atoms with Crippen molar-refractivity contribution in [2.75, 3.05) is 6.54 Å². The van der Waals surface area contributed by atoms with Crippen LogP contribution in [0.5, 0.6) is 0 Å². The van der Waals surface area contributed by atoms with Gasteiger partial charge in [-0.1, -0.05) is 0 Å². The summed E-state index contributed by atoms with van der Waals surface area (Å²) in [6.07, 6.45) is 7.63. The molecular weight excluding hydrogens is 280 g/mol. The van der Waals surface area contributed by atoms with Crippen LogP contribution in [0.3, 0.4) is 0 Å². The van der Waals surface area contributed by atoms with Crippen LogP contribution in [0, 0.1) is 19.3 Å². The van der Waals surface area contributed by atoms with E-state index >= 15 is 0 Å². The van der Waals surface area contributed by atoms with Gasteiger partial charge in [0.15, 0.2) is 5.43 Å². The Kier molecular flexibility index (Phi) is 3.60.